The molecule has 140 valence electrons. The Kier molecular flexibility index (Phi) is 4.90. The highest BCUT2D eigenvalue weighted by Crippen LogP contribution is 2.30. The second kappa shape index (κ2) is 6.85. The van der Waals surface area contributed by atoms with Crippen LogP contribution in [0.2, 0.25) is 0 Å². The van der Waals surface area contributed by atoms with Gasteiger partial charge in [0.2, 0.25) is 15.9 Å². The maximum Gasteiger partial charge on any atom is 0.249 e. The molecular weight excluding hydrogens is 354 g/mol. The number of nitrogens with one attached hydrogen (secondary N) is 1. The zero-order chi connectivity index (χ0) is 19.1. The Hall–Kier alpha value is -2.19. The van der Waals surface area contributed by atoms with E-state index in [9.17, 15) is 13.2 Å². The molecule has 1 aromatic carbocycles. The molecule has 0 aliphatic carbocycles. The molecule has 0 bridgehead atoms. The van der Waals surface area contributed by atoms with Gasteiger partial charge in [-0.3, -0.25) is 4.79 Å². The van der Waals surface area contributed by atoms with Gasteiger partial charge >= 0.3 is 0 Å². The highest BCUT2D eigenvalue weighted by Gasteiger charge is 2.41. The Morgan fingerprint density at radius 2 is 2.00 bits per heavy atom. The number of carbonyl (C=O) groups excluding carboxylic acids is 1. The predicted molar refractivity (Wildman–Crippen MR) is 97.4 cm³/mol. The van der Waals surface area contributed by atoms with Crippen LogP contribution in [0, 0.1) is 27.7 Å². The average molecular weight is 377 g/mol. The first kappa shape index (κ1) is 18.6. The fourth-order valence-corrected chi connectivity index (χ4v) is 5.29. The van der Waals surface area contributed by atoms with Crippen molar-refractivity contribution in [3.05, 3.63) is 40.8 Å². The summed E-state index contributed by atoms with van der Waals surface area (Å²) in [6, 6.07) is 5.04. The summed E-state index contributed by atoms with van der Waals surface area (Å²) >= 11 is 0. The van der Waals surface area contributed by atoms with Gasteiger partial charge in [-0.1, -0.05) is 17.3 Å². The predicted octanol–water partition coefficient (Wildman–Crippen LogP) is 2.70. The van der Waals surface area contributed by atoms with E-state index in [2.05, 4.69) is 10.5 Å². The summed E-state index contributed by atoms with van der Waals surface area (Å²) in [7, 11) is -3.85. The van der Waals surface area contributed by atoms with Gasteiger partial charge in [0.25, 0.3) is 0 Å². The van der Waals surface area contributed by atoms with Crippen LogP contribution in [0.1, 0.15) is 35.4 Å². The van der Waals surface area contributed by atoms with Gasteiger partial charge in [-0.25, -0.2) is 8.42 Å². The lowest BCUT2D eigenvalue weighted by molar-refractivity contribution is -0.119. The molecule has 1 atom stereocenters. The molecule has 1 aliphatic heterocycles. The summed E-state index contributed by atoms with van der Waals surface area (Å²) in [5.41, 5.74) is 2.97. The molecule has 1 N–H and O–H groups in total. The van der Waals surface area contributed by atoms with Crippen LogP contribution in [0.15, 0.2) is 27.6 Å². The smallest absolute Gasteiger partial charge is 0.249 e. The molecule has 1 aromatic heterocycles. The van der Waals surface area contributed by atoms with Crippen LogP contribution in [-0.4, -0.2) is 36.4 Å². The van der Waals surface area contributed by atoms with Crippen molar-refractivity contribution in [2.24, 2.45) is 0 Å². The number of carbonyl (C=O) groups is 1. The van der Waals surface area contributed by atoms with E-state index in [0.29, 0.717) is 30.8 Å². The van der Waals surface area contributed by atoms with E-state index in [4.69, 9.17) is 4.52 Å². The van der Waals surface area contributed by atoms with Gasteiger partial charge in [-0.05, 0) is 57.7 Å². The van der Waals surface area contributed by atoms with Crippen LogP contribution in [0.3, 0.4) is 0 Å². The third-order valence-corrected chi connectivity index (χ3v) is 6.85. The first-order chi connectivity index (χ1) is 12.2. The lowest BCUT2D eigenvalue weighted by atomic mass is 10.1. The van der Waals surface area contributed by atoms with Crippen molar-refractivity contribution in [3.8, 4) is 0 Å². The molecule has 0 unspecified atom stereocenters. The number of nitrogens with zero attached hydrogens (tertiary/aromatic N) is 2. The Morgan fingerprint density at radius 1 is 1.27 bits per heavy atom. The highest BCUT2D eigenvalue weighted by molar-refractivity contribution is 7.89. The first-order valence-electron chi connectivity index (χ1n) is 8.54. The number of benzene rings is 1. The van der Waals surface area contributed by atoms with E-state index >= 15 is 0 Å². The first-order valence-corrected chi connectivity index (χ1v) is 9.98. The fourth-order valence-electron chi connectivity index (χ4n) is 3.34. The molecule has 1 fully saturated rings. The standard InChI is InChI=1S/C18H23N3O4S/c1-11-7-8-12(2)15(10-11)19-18(22)16-6-5-9-21(16)26(23,24)17-13(3)20-25-14(17)4/h7-8,10,16H,5-6,9H2,1-4H3,(H,19,22)/t16-/m0/s1. The third kappa shape index (κ3) is 3.26. The van der Waals surface area contributed by atoms with Crippen LogP contribution >= 0.6 is 0 Å². The van der Waals surface area contributed by atoms with Crippen molar-refractivity contribution < 1.29 is 17.7 Å². The molecule has 2 heterocycles. The zero-order valence-electron chi connectivity index (χ0n) is 15.4. The minimum Gasteiger partial charge on any atom is -0.360 e. The van der Waals surface area contributed by atoms with Crippen LogP contribution in [-0.2, 0) is 14.8 Å². The minimum atomic E-state index is -3.85. The van der Waals surface area contributed by atoms with Gasteiger partial charge in [0.15, 0.2) is 5.76 Å². The number of aromatic nitrogens is 1. The van der Waals surface area contributed by atoms with E-state index in [1.807, 2.05) is 32.0 Å². The molecule has 0 radical (unpaired) electrons. The summed E-state index contributed by atoms with van der Waals surface area (Å²) in [5, 5.41) is 6.62. The lowest BCUT2D eigenvalue weighted by Crippen LogP contribution is -2.43. The molecular formula is C18H23N3O4S. The second-order valence-corrected chi connectivity index (χ2v) is 8.56. The topological polar surface area (TPSA) is 92.5 Å². The van der Waals surface area contributed by atoms with Gasteiger partial charge in [0.1, 0.15) is 16.6 Å². The molecule has 26 heavy (non-hydrogen) atoms. The minimum absolute atomic E-state index is 0.0592. The van der Waals surface area contributed by atoms with Crippen LogP contribution in [0.5, 0.6) is 0 Å². The number of anilines is 1. The second-order valence-electron chi connectivity index (χ2n) is 6.73. The number of hydrogen-bond donors (Lipinski definition) is 1. The van der Waals surface area contributed by atoms with Gasteiger partial charge < -0.3 is 9.84 Å². The quantitative estimate of drug-likeness (QED) is 0.884. The van der Waals surface area contributed by atoms with E-state index in [1.165, 1.54) is 4.31 Å². The SMILES string of the molecule is Cc1ccc(C)c(NC(=O)[C@@H]2CCCN2S(=O)(=O)c2c(C)noc2C)c1. The highest BCUT2D eigenvalue weighted by atomic mass is 32.2. The van der Waals surface area contributed by atoms with E-state index < -0.39 is 16.1 Å². The molecule has 7 nitrogen and oxygen atoms in total. The molecule has 0 spiro atoms. The van der Waals surface area contributed by atoms with E-state index in [-0.39, 0.29) is 16.6 Å². The largest absolute Gasteiger partial charge is 0.360 e. The molecule has 0 saturated carbocycles. The van der Waals surface area contributed by atoms with Gasteiger partial charge in [-0.2, -0.15) is 4.31 Å². The van der Waals surface area contributed by atoms with Gasteiger partial charge in [-0.15, -0.1) is 0 Å². The van der Waals surface area contributed by atoms with Crippen molar-refractivity contribution in [2.75, 3.05) is 11.9 Å². The Morgan fingerprint density at radius 3 is 2.65 bits per heavy atom. The molecule has 1 saturated heterocycles. The molecule has 2 aromatic rings. The summed E-state index contributed by atoms with van der Waals surface area (Å²) in [6.07, 6.45) is 1.12. The normalized spacial score (nSPS) is 18.2. The summed E-state index contributed by atoms with van der Waals surface area (Å²) in [6.45, 7) is 7.30. The van der Waals surface area contributed by atoms with Crippen molar-refractivity contribution in [3.63, 3.8) is 0 Å². The van der Waals surface area contributed by atoms with Crippen LogP contribution in [0.25, 0.3) is 0 Å². The lowest BCUT2D eigenvalue weighted by Gasteiger charge is -2.23. The summed E-state index contributed by atoms with van der Waals surface area (Å²) in [4.78, 5) is 12.9. The Labute approximate surface area is 153 Å². The number of aryl methyl sites for hydroxylation is 4. The molecule has 8 heteroatoms. The summed E-state index contributed by atoms with van der Waals surface area (Å²) in [5.74, 6) is -0.0744. The van der Waals surface area contributed by atoms with Crippen molar-refractivity contribution >= 4 is 21.6 Å². The number of hydrogen-bond acceptors (Lipinski definition) is 5. The zero-order valence-corrected chi connectivity index (χ0v) is 16.2. The maximum atomic E-state index is 13.1. The third-order valence-electron chi connectivity index (χ3n) is 4.69. The molecule has 1 amide bonds. The number of amides is 1. The monoisotopic (exact) mass is 377 g/mol. The van der Waals surface area contributed by atoms with E-state index in [0.717, 1.165) is 11.1 Å². The van der Waals surface area contributed by atoms with E-state index in [1.54, 1.807) is 13.8 Å². The van der Waals surface area contributed by atoms with Gasteiger partial charge in [0.05, 0.1) is 0 Å². The van der Waals surface area contributed by atoms with Crippen molar-refractivity contribution in [1.82, 2.24) is 9.46 Å². The van der Waals surface area contributed by atoms with Crippen molar-refractivity contribution in [1.29, 1.82) is 0 Å². The number of rotatable bonds is 4. The molecule has 1 aliphatic rings. The van der Waals surface area contributed by atoms with Crippen LogP contribution < -0.4 is 5.32 Å². The number of sulfonamides is 1. The van der Waals surface area contributed by atoms with Crippen LogP contribution in [0.4, 0.5) is 5.69 Å². The molecule has 3 rings (SSSR count). The van der Waals surface area contributed by atoms with Gasteiger partial charge in [0, 0.05) is 12.2 Å². The summed E-state index contributed by atoms with van der Waals surface area (Å²) < 4.78 is 32.4. The maximum absolute atomic E-state index is 13.1. The average Bonchev–Trinajstić information content (AvgIpc) is 3.18. The van der Waals surface area contributed by atoms with Crippen molar-refractivity contribution in [2.45, 2.75) is 51.5 Å². The Balaban J connectivity index is 1.88. The Bertz CT molecular complexity index is 930. The fraction of sp³-hybridized carbons (Fsp3) is 0.444.